The molecular weight excluding hydrogens is 477 g/mol. The summed E-state index contributed by atoms with van der Waals surface area (Å²) >= 11 is 12.3. The van der Waals surface area contributed by atoms with Crippen molar-refractivity contribution in [3.05, 3.63) is 99.2 Å². The average Bonchev–Trinajstić information content (AvgIpc) is 3.30. The van der Waals surface area contributed by atoms with E-state index >= 15 is 0 Å². The molecule has 35 heavy (non-hydrogen) atoms. The average molecular weight is 506 g/mol. The molecule has 5 rings (SSSR count). The van der Waals surface area contributed by atoms with Crippen LogP contribution >= 0.6 is 23.2 Å². The van der Waals surface area contributed by atoms with Gasteiger partial charge in [0.15, 0.2) is 0 Å². The van der Waals surface area contributed by atoms with E-state index < -0.39 is 0 Å². The minimum Gasteiger partial charge on any atom is -0.360 e. The van der Waals surface area contributed by atoms with Crippen LogP contribution < -0.4 is 5.32 Å². The second-order valence-electron chi connectivity index (χ2n) is 9.37. The first-order valence-electron chi connectivity index (χ1n) is 12.1. The number of nitrogens with zero attached hydrogens (tertiary/aromatic N) is 1. The van der Waals surface area contributed by atoms with Crippen molar-refractivity contribution in [3.63, 3.8) is 0 Å². The maximum atomic E-state index is 12.6. The topological polar surface area (TPSA) is 48.1 Å². The fraction of sp³-hybridized carbons (Fsp3) is 0.276. The molecular formula is C29H29Cl2N3O. The second kappa shape index (κ2) is 10.4. The summed E-state index contributed by atoms with van der Waals surface area (Å²) in [6, 6.07) is 19.2. The molecule has 4 nitrogen and oxygen atoms in total. The van der Waals surface area contributed by atoms with Gasteiger partial charge in [-0.15, -0.1) is 0 Å². The first-order chi connectivity index (χ1) is 17.0. The molecule has 1 aliphatic rings. The van der Waals surface area contributed by atoms with Crippen LogP contribution in [0.3, 0.4) is 0 Å². The zero-order valence-corrected chi connectivity index (χ0v) is 21.3. The van der Waals surface area contributed by atoms with E-state index in [0.29, 0.717) is 16.5 Å². The third kappa shape index (κ3) is 5.40. The maximum absolute atomic E-state index is 12.6. The number of rotatable bonds is 6. The number of piperidine rings is 1. The van der Waals surface area contributed by atoms with Gasteiger partial charge in [0.1, 0.15) is 0 Å². The Morgan fingerprint density at radius 2 is 1.83 bits per heavy atom. The highest BCUT2D eigenvalue weighted by Crippen LogP contribution is 2.35. The molecule has 3 aromatic carbocycles. The largest absolute Gasteiger partial charge is 0.360 e. The van der Waals surface area contributed by atoms with E-state index in [1.807, 2.05) is 18.2 Å². The number of hydrogen-bond acceptors (Lipinski definition) is 2. The van der Waals surface area contributed by atoms with Gasteiger partial charge in [0.2, 0.25) is 0 Å². The molecule has 0 atom stereocenters. The van der Waals surface area contributed by atoms with Gasteiger partial charge in [-0.05, 0) is 104 Å². The van der Waals surface area contributed by atoms with Gasteiger partial charge in [-0.2, -0.15) is 0 Å². The Bertz CT molecular complexity index is 1340. The number of likely N-dealkylation sites (tertiary alicyclic amines) is 1. The third-order valence-electron chi connectivity index (χ3n) is 7.13. The molecule has 0 unspecified atom stereocenters. The fourth-order valence-corrected chi connectivity index (χ4v) is 5.40. The SMILES string of the molecule is Cc1ccc(NC(=O)c2ccc(Cl)cc2)cc1CCN1CCC(c2c[nH]c3c(Cl)cccc23)CC1. The summed E-state index contributed by atoms with van der Waals surface area (Å²) in [5.41, 5.74) is 6.37. The van der Waals surface area contributed by atoms with Crippen LogP contribution in [-0.2, 0) is 6.42 Å². The molecule has 180 valence electrons. The molecule has 1 fully saturated rings. The Balaban J connectivity index is 1.17. The Hall–Kier alpha value is -2.79. The molecule has 1 aliphatic heterocycles. The molecule has 6 heteroatoms. The second-order valence-corrected chi connectivity index (χ2v) is 10.2. The van der Waals surface area contributed by atoms with Crippen LogP contribution in [0.2, 0.25) is 10.0 Å². The van der Waals surface area contributed by atoms with Crippen LogP contribution in [0, 0.1) is 6.92 Å². The molecule has 1 saturated heterocycles. The highest BCUT2D eigenvalue weighted by Gasteiger charge is 2.23. The lowest BCUT2D eigenvalue weighted by atomic mass is 9.89. The number of hydrogen-bond donors (Lipinski definition) is 2. The van der Waals surface area contributed by atoms with Crippen molar-refractivity contribution < 1.29 is 4.79 Å². The van der Waals surface area contributed by atoms with Crippen molar-refractivity contribution in [3.8, 4) is 0 Å². The summed E-state index contributed by atoms with van der Waals surface area (Å²) in [6.45, 7) is 5.32. The summed E-state index contributed by atoms with van der Waals surface area (Å²) in [5, 5.41) is 5.67. The van der Waals surface area contributed by atoms with Crippen LogP contribution in [-0.4, -0.2) is 35.4 Å². The number of aromatic nitrogens is 1. The van der Waals surface area contributed by atoms with E-state index in [-0.39, 0.29) is 5.91 Å². The van der Waals surface area contributed by atoms with E-state index in [4.69, 9.17) is 23.2 Å². The summed E-state index contributed by atoms with van der Waals surface area (Å²) < 4.78 is 0. The zero-order valence-electron chi connectivity index (χ0n) is 19.8. The highest BCUT2D eigenvalue weighted by atomic mass is 35.5. The number of fused-ring (bicyclic) bond motifs is 1. The lowest BCUT2D eigenvalue weighted by molar-refractivity contribution is 0.102. The highest BCUT2D eigenvalue weighted by molar-refractivity contribution is 6.35. The number of H-pyrrole nitrogens is 1. The summed E-state index contributed by atoms with van der Waals surface area (Å²) in [7, 11) is 0. The molecule has 4 aromatic rings. The van der Waals surface area contributed by atoms with Crippen molar-refractivity contribution in [2.45, 2.75) is 32.1 Å². The van der Waals surface area contributed by atoms with Crippen LogP contribution in [0.25, 0.3) is 10.9 Å². The monoisotopic (exact) mass is 505 g/mol. The molecule has 0 spiro atoms. The molecule has 0 saturated carbocycles. The Morgan fingerprint density at radius 1 is 1.06 bits per heavy atom. The minimum absolute atomic E-state index is 0.128. The minimum atomic E-state index is -0.128. The summed E-state index contributed by atoms with van der Waals surface area (Å²) in [4.78, 5) is 18.5. The van der Waals surface area contributed by atoms with Crippen molar-refractivity contribution >= 4 is 45.7 Å². The van der Waals surface area contributed by atoms with Gasteiger partial charge < -0.3 is 15.2 Å². The maximum Gasteiger partial charge on any atom is 0.255 e. The third-order valence-corrected chi connectivity index (χ3v) is 7.70. The standard InChI is InChI=1S/C29H29Cl2N3O/c1-19-5-10-24(33-29(35)21-6-8-23(30)9-7-21)17-22(19)13-16-34-14-11-20(12-15-34)26-18-32-28-25(26)3-2-4-27(28)31/h2-10,17-18,20,32H,11-16H2,1H3,(H,33,35). The number of carbonyl (C=O) groups is 1. The fourth-order valence-electron chi connectivity index (χ4n) is 5.05. The predicted octanol–water partition coefficient (Wildman–Crippen LogP) is 7.46. The molecule has 1 amide bonds. The van der Waals surface area contributed by atoms with E-state index in [2.05, 4.69) is 46.5 Å². The normalized spacial score (nSPS) is 14.9. The quantitative estimate of drug-likeness (QED) is 0.285. The predicted molar refractivity (Wildman–Crippen MR) is 146 cm³/mol. The van der Waals surface area contributed by atoms with E-state index in [1.54, 1.807) is 24.3 Å². The van der Waals surface area contributed by atoms with E-state index in [1.165, 1.54) is 22.1 Å². The van der Waals surface area contributed by atoms with Gasteiger partial charge in [-0.25, -0.2) is 0 Å². The molecule has 0 bridgehead atoms. The molecule has 2 N–H and O–H groups in total. The van der Waals surface area contributed by atoms with Crippen LogP contribution in [0.1, 0.15) is 45.8 Å². The summed E-state index contributed by atoms with van der Waals surface area (Å²) in [5.74, 6) is 0.434. The number of halogens is 2. The number of benzene rings is 3. The first-order valence-corrected chi connectivity index (χ1v) is 12.9. The van der Waals surface area contributed by atoms with Gasteiger partial charge in [0.25, 0.3) is 5.91 Å². The van der Waals surface area contributed by atoms with Crippen molar-refractivity contribution in [2.75, 3.05) is 25.0 Å². The van der Waals surface area contributed by atoms with Gasteiger partial charge in [0.05, 0.1) is 10.5 Å². The van der Waals surface area contributed by atoms with Gasteiger partial charge in [-0.1, -0.05) is 41.4 Å². The molecule has 0 radical (unpaired) electrons. The number of amides is 1. The Kier molecular flexibility index (Phi) is 7.14. The number of nitrogens with one attached hydrogen (secondary N) is 2. The number of para-hydroxylation sites is 1. The number of carbonyl (C=O) groups excluding carboxylic acids is 1. The number of aromatic amines is 1. The van der Waals surface area contributed by atoms with E-state index in [0.717, 1.165) is 55.1 Å². The summed E-state index contributed by atoms with van der Waals surface area (Å²) in [6.07, 6.45) is 5.40. The van der Waals surface area contributed by atoms with Gasteiger partial charge in [-0.3, -0.25) is 4.79 Å². The van der Waals surface area contributed by atoms with Gasteiger partial charge >= 0.3 is 0 Å². The smallest absolute Gasteiger partial charge is 0.255 e. The molecule has 2 heterocycles. The van der Waals surface area contributed by atoms with Crippen LogP contribution in [0.4, 0.5) is 5.69 Å². The molecule has 0 aliphatic carbocycles. The van der Waals surface area contributed by atoms with Crippen molar-refractivity contribution in [1.82, 2.24) is 9.88 Å². The Morgan fingerprint density at radius 3 is 2.60 bits per heavy atom. The molecule has 1 aromatic heterocycles. The van der Waals surface area contributed by atoms with Crippen molar-refractivity contribution in [1.29, 1.82) is 0 Å². The van der Waals surface area contributed by atoms with Crippen LogP contribution in [0.15, 0.2) is 66.9 Å². The van der Waals surface area contributed by atoms with Gasteiger partial charge in [0, 0.05) is 34.4 Å². The van der Waals surface area contributed by atoms with E-state index in [9.17, 15) is 4.79 Å². The lowest BCUT2D eigenvalue weighted by Gasteiger charge is -2.32. The first kappa shape index (κ1) is 23.9. The number of anilines is 1. The van der Waals surface area contributed by atoms with Crippen LogP contribution in [0.5, 0.6) is 0 Å². The lowest BCUT2D eigenvalue weighted by Crippen LogP contribution is -2.34. The number of aryl methyl sites for hydroxylation is 1. The Labute approximate surface area is 216 Å². The van der Waals surface area contributed by atoms with Crippen molar-refractivity contribution in [2.24, 2.45) is 0 Å². The zero-order chi connectivity index (χ0) is 24.4.